The van der Waals surface area contributed by atoms with Crippen molar-refractivity contribution >= 4 is 49.1 Å². The van der Waals surface area contributed by atoms with Crippen molar-refractivity contribution in [1.82, 2.24) is 4.98 Å². The number of hydrogen-bond donors (Lipinski definition) is 1. The number of aromatic nitrogens is 1. The van der Waals surface area contributed by atoms with Crippen LogP contribution >= 0.6 is 31.9 Å². The summed E-state index contributed by atoms with van der Waals surface area (Å²) in [5.41, 5.74) is 0.567. The number of nitrogens with one attached hydrogen (secondary N) is 1. The zero-order valence-electron chi connectivity index (χ0n) is 9.84. The lowest BCUT2D eigenvalue weighted by Gasteiger charge is -2.07. The number of hydrogen-bond acceptors (Lipinski definition) is 4. The van der Waals surface area contributed by atoms with E-state index in [1.165, 1.54) is 24.4 Å². The number of rotatable bonds is 3. The molecular weight excluding hydrogens is 394 g/mol. The Labute approximate surface area is 130 Å². The van der Waals surface area contributed by atoms with Crippen LogP contribution in [-0.4, -0.2) is 15.8 Å². The van der Waals surface area contributed by atoms with Crippen LogP contribution in [0.15, 0.2) is 45.6 Å². The van der Waals surface area contributed by atoms with Gasteiger partial charge in [-0.3, -0.25) is 19.9 Å². The first-order chi connectivity index (χ1) is 9.47. The molecule has 2 rings (SSSR count). The molecule has 0 saturated heterocycles. The lowest BCUT2D eigenvalue weighted by molar-refractivity contribution is -0.384. The molecule has 8 heteroatoms. The monoisotopic (exact) mass is 399 g/mol. The number of anilines is 1. The summed E-state index contributed by atoms with van der Waals surface area (Å²) < 4.78 is 1.22. The minimum atomic E-state index is -0.525. The van der Waals surface area contributed by atoms with Crippen LogP contribution < -0.4 is 5.32 Å². The predicted molar refractivity (Wildman–Crippen MR) is 80.7 cm³/mol. The Morgan fingerprint density at radius 1 is 1.25 bits per heavy atom. The second-order valence-corrected chi connectivity index (χ2v) is 5.54. The van der Waals surface area contributed by atoms with Crippen molar-refractivity contribution < 1.29 is 9.72 Å². The van der Waals surface area contributed by atoms with Crippen molar-refractivity contribution in [2.45, 2.75) is 0 Å². The summed E-state index contributed by atoms with van der Waals surface area (Å²) >= 11 is 6.45. The molecule has 1 N–H and O–H groups in total. The van der Waals surface area contributed by atoms with Gasteiger partial charge in [0.05, 0.1) is 16.2 Å². The van der Waals surface area contributed by atoms with Gasteiger partial charge in [-0.15, -0.1) is 0 Å². The second-order valence-electron chi connectivity index (χ2n) is 3.77. The molecule has 0 bridgehead atoms. The van der Waals surface area contributed by atoms with E-state index in [-0.39, 0.29) is 5.69 Å². The summed E-state index contributed by atoms with van der Waals surface area (Å²) in [5, 5.41) is 13.3. The van der Waals surface area contributed by atoms with E-state index in [9.17, 15) is 14.9 Å². The van der Waals surface area contributed by atoms with E-state index < -0.39 is 10.8 Å². The third-order valence-electron chi connectivity index (χ3n) is 2.38. The Morgan fingerprint density at radius 2 is 2.00 bits per heavy atom. The highest BCUT2D eigenvalue weighted by Crippen LogP contribution is 2.27. The number of pyridine rings is 1. The van der Waals surface area contributed by atoms with Gasteiger partial charge in [0.25, 0.3) is 11.6 Å². The third-order valence-corrected chi connectivity index (χ3v) is 3.50. The van der Waals surface area contributed by atoms with Crippen molar-refractivity contribution in [1.29, 1.82) is 0 Å². The normalized spacial score (nSPS) is 10.1. The summed E-state index contributed by atoms with van der Waals surface area (Å²) in [5.74, 6) is -0.403. The van der Waals surface area contributed by atoms with Crippen molar-refractivity contribution in [3.63, 3.8) is 0 Å². The molecule has 0 spiro atoms. The summed E-state index contributed by atoms with van der Waals surface area (Å²) in [6.45, 7) is 0. The van der Waals surface area contributed by atoms with Crippen LogP contribution in [0, 0.1) is 10.1 Å². The van der Waals surface area contributed by atoms with Gasteiger partial charge in [0.15, 0.2) is 0 Å². The lowest BCUT2D eigenvalue weighted by atomic mass is 10.2. The fraction of sp³-hybridized carbons (Fsp3) is 0. The van der Waals surface area contributed by atoms with Crippen molar-refractivity contribution in [3.8, 4) is 0 Å². The van der Waals surface area contributed by atoms with E-state index in [1.807, 2.05) is 0 Å². The van der Waals surface area contributed by atoms with Gasteiger partial charge in [0.2, 0.25) is 0 Å². The number of amides is 1. The first kappa shape index (κ1) is 14.6. The average molecular weight is 401 g/mol. The topological polar surface area (TPSA) is 85.1 Å². The molecule has 0 aliphatic heterocycles. The Bertz CT molecular complexity index is 691. The standard InChI is InChI=1S/C12H7Br2N3O3/c13-8-3-7(5-15-6-8)12(18)16-11-4-9(17(19)20)1-2-10(11)14/h1-6H,(H,16,18). The molecule has 0 unspecified atom stereocenters. The first-order valence-electron chi connectivity index (χ1n) is 5.33. The zero-order valence-corrected chi connectivity index (χ0v) is 13.0. The highest BCUT2D eigenvalue weighted by molar-refractivity contribution is 9.10. The quantitative estimate of drug-likeness (QED) is 0.627. The maximum atomic E-state index is 12.0. The summed E-state index contributed by atoms with van der Waals surface area (Å²) in [6, 6.07) is 5.74. The van der Waals surface area contributed by atoms with Crippen LogP contribution in [-0.2, 0) is 0 Å². The van der Waals surface area contributed by atoms with E-state index in [1.54, 1.807) is 12.3 Å². The zero-order chi connectivity index (χ0) is 14.7. The number of non-ortho nitro benzene ring substituents is 1. The third kappa shape index (κ3) is 3.40. The molecule has 2 aromatic rings. The first-order valence-corrected chi connectivity index (χ1v) is 6.92. The molecule has 0 radical (unpaired) electrons. The molecule has 0 atom stereocenters. The fourth-order valence-corrected chi connectivity index (χ4v) is 2.16. The van der Waals surface area contributed by atoms with Crippen LogP contribution in [0.3, 0.4) is 0 Å². The van der Waals surface area contributed by atoms with Gasteiger partial charge in [-0.1, -0.05) is 0 Å². The van der Waals surface area contributed by atoms with Crippen molar-refractivity contribution in [3.05, 3.63) is 61.3 Å². The highest BCUT2D eigenvalue weighted by Gasteiger charge is 2.13. The molecular formula is C12H7Br2N3O3. The van der Waals surface area contributed by atoms with E-state index in [0.717, 1.165) is 0 Å². The predicted octanol–water partition coefficient (Wildman–Crippen LogP) is 3.77. The van der Waals surface area contributed by atoms with Gasteiger partial charge in [-0.05, 0) is 44.0 Å². The van der Waals surface area contributed by atoms with Crippen LogP contribution in [0.1, 0.15) is 10.4 Å². The minimum absolute atomic E-state index is 0.101. The van der Waals surface area contributed by atoms with E-state index in [2.05, 4.69) is 42.2 Å². The van der Waals surface area contributed by atoms with Gasteiger partial charge >= 0.3 is 0 Å². The number of nitro groups is 1. The van der Waals surface area contributed by atoms with Crippen LogP contribution in [0.2, 0.25) is 0 Å². The largest absolute Gasteiger partial charge is 0.321 e. The SMILES string of the molecule is O=C(Nc1cc([N+](=O)[O-])ccc1Br)c1cncc(Br)c1. The molecule has 102 valence electrons. The van der Waals surface area contributed by atoms with Gasteiger partial charge in [0, 0.05) is 33.5 Å². The molecule has 1 amide bonds. The fourth-order valence-electron chi connectivity index (χ4n) is 1.45. The molecule has 6 nitrogen and oxygen atoms in total. The Morgan fingerprint density at radius 3 is 2.65 bits per heavy atom. The van der Waals surface area contributed by atoms with Crippen LogP contribution in [0.4, 0.5) is 11.4 Å². The number of halogens is 2. The number of carbonyl (C=O) groups is 1. The van der Waals surface area contributed by atoms with Gasteiger partial charge in [-0.2, -0.15) is 0 Å². The second kappa shape index (κ2) is 6.10. The molecule has 0 fully saturated rings. The van der Waals surface area contributed by atoms with Gasteiger partial charge < -0.3 is 5.32 Å². The van der Waals surface area contributed by atoms with E-state index >= 15 is 0 Å². The number of carbonyl (C=O) groups excluding carboxylic acids is 1. The van der Waals surface area contributed by atoms with Gasteiger partial charge in [-0.25, -0.2) is 0 Å². The Hall–Kier alpha value is -1.80. The minimum Gasteiger partial charge on any atom is -0.321 e. The van der Waals surface area contributed by atoms with Crippen LogP contribution in [0.25, 0.3) is 0 Å². The maximum Gasteiger partial charge on any atom is 0.271 e. The molecule has 20 heavy (non-hydrogen) atoms. The summed E-state index contributed by atoms with van der Waals surface area (Å²) in [6.07, 6.45) is 2.96. The number of nitro benzene ring substituents is 1. The molecule has 0 saturated carbocycles. The average Bonchev–Trinajstić information content (AvgIpc) is 2.41. The molecule has 1 aromatic carbocycles. The van der Waals surface area contributed by atoms with Crippen molar-refractivity contribution in [2.24, 2.45) is 0 Å². The van der Waals surface area contributed by atoms with Gasteiger partial charge in [0.1, 0.15) is 0 Å². The molecule has 0 aliphatic carbocycles. The van der Waals surface area contributed by atoms with E-state index in [4.69, 9.17) is 0 Å². The molecule has 0 aliphatic rings. The molecule has 1 aromatic heterocycles. The Balaban J connectivity index is 2.27. The maximum absolute atomic E-state index is 12.0. The van der Waals surface area contributed by atoms with Crippen molar-refractivity contribution in [2.75, 3.05) is 5.32 Å². The smallest absolute Gasteiger partial charge is 0.271 e. The summed E-state index contributed by atoms with van der Waals surface area (Å²) in [7, 11) is 0. The number of nitrogens with zero attached hydrogens (tertiary/aromatic N) is 2. The van der Waals surface area contributed by atoms with Crippen LogP contribution in [0.5, 0.6) is 0 Å². The Kier molecular flexibility index (Phi) is 4.46. The highest BCUT2D eigenvalue weighted by atomic mass is 79.9. The van der Waals surface area contributed by atoms with E-state index in [0.29, 0.717) is 20.2 Å². The summed E-state index contributed by atoms with van der Waals surface area (Å²) in [4.78, 5) is 26.1. The lowest BCUT2D eigenvalue weighted by Crippen LogP contribution is -2.12. The number of benzene rings is 1. The molecule has 1 heterocycles.